The highest BCUT2D eigenvalue weighted by atomic mass is 32.2. The van der Waals surface area contributed by atoms with Gasteiger partial charge in [-0.05, 0) is 38.2 Å². The number of benzene rings is 1. The number of esters is 1. The number of thioether (sulfide) groups is 1. The van der Waals surface area contributed by atoms with Crippen LogP contribution in [-0.2, 0) is 19.1 Å². The first-order valence-corrected chi connectivity index (χ1v) is 15.0. The number of amides is 2. The number of carbonyl (C=O) groups excluding carboxylic acids is 3. The minimum atomic E-state index is -0.799. The van der Waals surface area contributed by atoms with Crippen molar-refractivity contribution in [2.45, 2.75) is 74.0 Å². The summed E-state index contributed by atoms with van der Waals surface area (Å²) in [5.41, 5.74) is 0.764. The predicted molar refractivity (Wildman–Crippen MR) is 154 cm³/mol. The highest BCUT2D eigenvalue weighted by Gasteiger charge is 2.78. The van der Waals surface area contributed by atoms with Gasteiger partial charge in [-0.1, -0.05) is 62.2 Å². The van der Waals surface area contributed by atoms with Gasteiger partial charge >= 0.3 is 5.97 Å². The molecule has 3 fully saturated rings. The van der Waals surface area contributed by atoms with E-state index in [4.69, 9.17) is 4.74 Å². The number of likely N-dealkylation sites (tertiary alicyclic amines) is 1. The maximum atomic E-state index is 14.5. The van der Waals surface area contributed by atoms with Crippen LogP contribution >= 0.6 is 11.8 Å². The molecule has 8 heteroatoms. The van der Waals surface area contributed by atoms with Crippen molar-refractivity contribution in [1.82, 2.24) is 9.80 Å². The van der Waals surface area contributed by atoms with Crippen LogP contribution in [0.3, 0.4) is 0 Å². The zero-order valence-corrected chi connectivity index (χ0v) is 24.0. The number of fused-ring (bicyclic) bond motifs is 1. The summed E-state index contributed by atoms with van der Waals surface area (Å²) in [7, 11) is 0. The van der Waals surface area contributed by atoms with E-state index in [-0.39, 0.29) is 31.0 Å². The Morgan fingerprint density at radius 1 is 1.23 bits per heavy atom. The van der Waals surface area contributed by atoms with Crippen molar-refractivity contribution in [2.24, 2.45) is 11.8 Å². The lowest BCUT2D eigenvalue weighted by molar-refractivity contribution is -0.156. The van der Waals surface area contributed by atoms with E-state index >= 15 is 0 Å². The van der Waals surface area contributed by atoms with Gasteiger partial charge in [-0.3, -0.25) is 14.4 Å². The summed E-state index contributed by atoms with van der Waals surface area (Å²) in [6.07, 6.45) is 8.21. The van der Waals surface area contributed by atoms with Crippen LogP contribution in [0.2, 0.25) is 0 Å². The van der Waals surface area contributed by atoms with Crippen LogP contribution < -0.4 is 0 Å². The Labute approximate surface area is 236 Å². The van der Waals surface area contributed by atoms with Gasteiger partial charge in [0.2, 0.25) is 11.8 Å². The van der Waals surface area contributed by atoms with Gasteiger partial charge in [0.15, 0.2) is 0 Å². The average Bonchev–Trinajstić information content (AvgIpc) is 3.50. The third kappa shape index (κ3) is 5.18. The summed E-state index contributed by atoms with van der Waals surface area (Å²) in [6.45, 7) is 12.6. The first kappa shape index (κ1) is 29.4. The molecule has 1 aromatic rings. The lowest BCUT2D eigenvalue weighted by atomic mass is 9.66. The second-order valence-electron chi connectivity index (χ2n) is 11.1. The van der Waals surface area contributed by atoms with Crippen LogP contribution in [0.5, 0.6) is 0 Å². The van der Waals surface area contributed by atoms with Crippen molar-refractivity contribution in [3.05, 3.63) is 61.2 Å². The number of ether oxygens (including phenoxy) is 1. The molecule has 39 heavy (non-hydrogen) atoms. The predicted octanol–water partition coefficient (Wildman–Crippen LogP) is 4.53. The van der Waals surface area contributed by atoms with Crippen LogP contribution in [0.25, 0.3) is 0 Å². The SMILES string of the molecule is C=CCCOC(=O)[C@@H]1[C@H]2C(=O)N([C@H](CO)c3ccccc3)C(C(=O)N(CC=C)CCCCC)C23CC[C@@]1(C)S3. The molecule has 2 amide bonds. The van der Waals surface area contributed by atoms with Crippen molar-refractivity contribution >= 4 is 29.5 Å². The Hall–Kier alpha value is -2.58. The highest BCUT2D eigenvalue weighted by molar-refractivity contribution is 8.02. The molecule has 0 aliphatic carbocycles. The fourth-order valence-corrected chi connectivity index (χ4v) is 9.20. The van der Waals surface area contributed by atoms with Gasteiger partial charge in [0.25, 0.3) is 0 Å². The van der Waals surface area contributed by atoms with Crippen molar-refractivity contribution in [2.75, 3.05) is 26.3 Å². The number of aliphatic hydroxyl groups excluding tert-OH is 1. The van der Waals surface area contributed by atoms with Crippen LogP contribution in [-0.4, -0.2) is 74.5 Å². The molecule has 2 unspecified atom stereocenters. The zero-order chi connectivity index (χ0) is 28.2. The molecule has 1 N–H and O–H groups in total. The fourth-order valence-electron chi connectivity index (χ4n) is 6.87. The molecule has 3 aliphatic heterocycles. The van der Waals surface area contributed by atoms with E-state index in [2.05, 4.69) is 20.1 Å². The summed E-state index contributed by atoms with van der Waals surface area (Å²) < 4.78 is 4.38. The summed E-state index contributed by atoms with van der Waals surface area (Å²) in [4.78, 5) is 45.9. The number of unbranched alkanes of at least 4 members (excludes halogenated alkanes) is 2. The van der Waals surface area contributed by atoms with Crippen LogP contribution in [0.4, 0.5) is 0 Å². The monoisotopic (exact) mass is 554 g/mol. The smallest absolute Gasteiger partial charge is 0.311 e. The molecule has 1 aromatic carbocycles. The molecule has 3 saturated heterocycles. The van der Waals surface area contributed by atoms with Gasteiger partial charge < -0.3 is 19.6 Å². The normalized spacial score (nSPS) is 29.7. The molecule has 3 aliphatic rings. The first-order valence-electron chi connectivity index (χ1n) is 14.1. The maximum absolute atomic E-state index is 14.5. The molecule has 1 spiro atoms. The number of hydrogen-bond acceptors (Lipinski definition) is 6. The van der Waals surface area contributed by atoms with Crippen LogP contribution in [0, 0.1) is 11.8 Å². The summed E-state index contributed by atoms with van der Waals surface area (Å²) in [5.74, 6) is -2.10. The molecule has 4 rings (SSSR count). The van der Waals surface area contributed by atoms with E-state index in [0.717, 1.165) is 24.8 Å². The molecule has 7 nitrogen and oxygen atoms in total. The number of carbonyl (C=O) groups is 3. The Kier molecular flexibility index (Phi) is 9.27. The van der Waals surface area contributed by atoms with Gasteiger partial charge in [-0.15, -0.1) is 24.9 Å². The van der Waals surface area contributed by atoms with E-state index in [1.54, 1.807) is 33.7 Å². The van der Waals surface area contributed by atoms with Crippen molar-refractivity contribution in [3.63, 3.8) is 0 Å². The van der Waals surface area contributed by atoms with Gasteiger partial charge in [0.05, 0.1) is 35.8 Å². The highest BCUT2D eigenvalue weighted by Crippen LogP contribution is 2.72. The number of rotatable bonds is 14. The maximum Gasteiger partial charge on any atom is 0.311 e. The molecule has 3 heterocycles. The molecule has 0 radical (unpaired) electrons. The minimum Gasteiger partial charge on any atom is -0.465 e. The molecule has 2 bridgehead atoms. The van der Waals surface area contributed by atoms with Crippen molar-refractivity contribution < 1.29 is 24.2 Å². The topological polar surface area (TPSA) is 87.1 Å². The second-order valence-corrected chi connectivity index (χ2v) is 13.0. The third-order valence-electron chi connectivity index (χ3n) is 8.65. The first-order chi connectivity index (χ1) is 18.8. The van der Waals surface area contributed by atoms with Crippen LogP contribution in [0.15, 0.2) is 55.6 Å². The lowest BCUT2D eigenvalue weighted by Crippen LogP contribution is -2.55. The molecule has 0 saturated carbocycles. The largest absolute Gasteiger partial charge is 0.465 e. The van der Waals surface area contributed by atoms with Crippen molar-refractivity contribution in [1.29, 1.82) is 0 Å². The molecule has 6 atom stereocenters. The molecule has 0 aromatic heterocycles. The number of hydrogen-bond donors (Lipinski definition) is 1. The van der Waals surface area contributed by atoms with Gasteiger partial charge in [0.1, 0.15) is 6.04 Å². The third-order valence-corrected chi connectivity index (χ3v) is 10.6. The van der Waals surface area contributed by atoms with Gasteiger partial charge in [-0.25, -0.2) is 0 Å². The Bertz CT molecular complexity index is 1080. The molecular weight excluding hydrogens is 512 g/mol. The Morgan fingerprint density at radius 2 is 1.97 bits per heavy atom. The van der Waals surface area contributed by atoms with Crippen molar-refractivity contribution in [3.8, 4) is 0 Å². The summed E-state index contributed by atoms with van der Waals surface area (Å²) in [6, 6.07) is 7.86. The zero-order valence-electron chi connectivity index (χ0n) is 23.2. The Morgan fingerprint density at radius 3 is 2.62 bits per heavy atom. The second kappa shape index (κ2) is 12.3. The van der Waals surface area contributed by atoms with E-state index in [9.17, 15) is 19.5 Å². The molecule has 212 valence electrons. The molecular formula is C31H42N2O5S. The number of nitrogens with zero attached hydrogens (tertiary/aromatic N) is 2. The van der Waals surface area contributed by atoms with Gasteiger partial charge in [0, 0.05) is 17.8 Å². The van der Waals surface area contributed by atoms with E-state index in [0.29, 0.717) is 32.4 Å². The van der Waals surface area contributed by atoms with Crippen LogP contribution in [0.1, 0.15) is 64.0 Å². The standard InChI is InChI=1S/C31H42N2O5S/c1-5-8-13-19-32(18-7-3)28(36)26-31-17-16-30(4,39-31)25(29(37)38-20-9-6-2)24(31)27(35)33(26)23(21-34)22-14-11-10-12-15-22/h6-7,10-12,14-15,23-26,34H,2-3,5,8-9,13,16-21H2,1,4H3/t23-,24+,25+,26?,30-,31?/m1/s1. The fraction of sp³-hybridized carbons (Fsp3) is 0.581. The summed E-state index contributed by atoms with van der Waals surface area (Å²) in [5, 5.41) is 10.6. The van der Waals surface area contributed by atoms with E-state index in [1.807, 2.05) is 37.3 Å². The average molecular weight is 555 g/mol. The van der Waals surface area contributed by atoms with Gasteiger partial charge in [-0.2, -0.15) is 0 Å². The minimum absolute atomic E-state index is 0.131. The van der Waals surface area contributed by atoms with E-state index < -0.39 is 33.4 Å². The Balaban J connectivity index is 1.79. The lowest BCUT2D eigenvalue weighted by Gasteiger charge is -2.39. The summed E-state index contributed by atoms with van der Waals surface area (Å²) >= 11 is 1.62. The number of aliphatic hydroxyl groups is 1. The van der Waals surface area contributed by atoms with E-state index in [1.165, 1.54) is 0 Å². The quantitative estimate of drug-likeness (QED) is 0.207.